The molecule has 0 spiro atoms. The summed E-state index contributed by atoms with van der Waals surface area (Å²) in [5, 5.41) is 0. The van der Waals surface area contributed by atoms with Gasteiger partial charge in [-0.3, -0.25) is 9.59 Å². The van der Waals surface area contributed by atoms with E-state index in [-0.39, 0.29) is 11.6 Å². The molecule has 0 aliphatic carbocycles. The first-order valence-corrected chi connectivity index (χ1v) is 5.93. The van der Waals surface area contributed by atoms with Crippen LogP contribution < -0.4 is 0 Å². The van der Waals surface area contributed by atoms with Gasteiger partial charge in [-0.05, 0) is 20.3 Å². The smallest absolute Gasteiger partial charge is 0.136 e. The Bertz CT molecular complexity index is 221. The summed E-state index contributed by atoms with van der Waals surface area (Å²) in [6.45, 7) is 7.25. The van der Waals surface area contributed by atoms with Gasteiger partial charge in [0.25, 0.3) is 0 Å². The number of hydrogen-bond donors (Lipinski definition) is 0. The number of rotatable bonds is 8. The number of carbonyl (C=O) groups excluding carboxylic acids is 2. The second-order valence-electron chi connectivity index (χ2n) is 4.81. The van der Waals surface area contributed by atoms with Crippen LogP contribution in [0.2, 0.25) is 0 Å². The minimum Gasteiger partial charge on any atom is -0.300 e. The Morgan fingerprint density at radius 3 is 2.07 bits per heavy atom. The summed E-state index contributed by atoms with van der Waals surface area (Å²) in [4.78, 5) is 22.6. The molecule has 1 atom stereocenters. The van der Waals surface area contributed by atoms with Gasteiger partial charge >= 0.3 is 0 Å². The third-order valence-corrected chi connectivity index (χ3v) is 3.07. The van der Waals surface area contributed by atoms with E-state index in [2.05, 4.69) is 6.92 Å². The lowest BCUT2D eigenvalue weighted by atomic mass is 9.77. The Kier molecular flexibility index (Phi) is 6.46. The van der Waals surface area contributed by atoms with Crippen LogP contribution in [0, 0.1) is 5.41 Å². The first-order valence-electron chi connectivity index (χ1n) is 5.93. The SMILES string of the molecule is CCCCCC[C@](C)(CC(C)=O)C(C)=O. The number of unbranched alkanes of at least 4 members (excludes halogenated alkanes) is 3. The first-order chi connectivity index (χ1) is 6.92. The van der Waals surface area contributed by atoms with Crippen LogP contribution >= 0.6 is 0 Å². The number of ketones is 2. The standard InChI is InChI=1S/C13H24O2/c1-5-6-7-8-9-13(4,12(3)15)10-11(2)14/h5-10H2,1-4H3/t13-/m1/s1. The summed E-state index contributed by atoms with van der Waals surface area (Å²) < 4.78 is 0. The third kappa shape index (κ3) is 5.71. The molecular formula is C13H24O2. The minimum atomic E-state index is -0.417. The van der Waals surface area contributed by atoms with Crippen LogP contribution in [0.15, 0.2) is 0 Å². The van der Waals surface area contributed by atoms with E-state index in [0.717, 1.165) is 19.3 Å². The average molecular weight is 212 g/mol. The predicted octanol–water partition coefficient (Wildman–Crippen LogP) is 3.53. The van der Waals surface area contributed by atoms with Crippen molar-refractivity contribution >= 4 is 11.6 Å². The van der Waals surface area contributed by atoms with Crippen molar-refractivity contribution in [3.63, 3.8) is 0 Å². The Hall–Kier alpha value is -0.660. The van der Waals surface area contributed by atoms with E-state index in [4.69, 9.17) is 0 Å². The molecule has 0 aromatic carbocycles. The van der Waals surface area contributed by atoms with Gasteiger partial charge in [0.2, 0.25) is 0 Å². The molecule has 0 aliphatic rings. The van der Waals surface area contributed by atoms with E-state index in [1.54, 1.807) is 13.8 Å². The summed E-state index contributed by atoms with van der Waals surface area (Å²) in [5.74, 6) is 0.261. The highest BCUT2D eigenvalue weighted by atomic mass is 16.1. The van der Waals surface area contributed by atoms with Crippen LogP contribution in [0.1, 0.15) is 66.2 Å². The van der Waals surface area contributed by atoms with Gasteiger partial charge in [-0.25, -0.2) is 0 Å². The molecule has 88 valence electrons. The van der Waals surface area contributed by atoms with Gasteiger partial charge < -0.3 is 0 Å². The van der Waals surface area contributed by atoms with Crippen LogP contribution in [-0.2, 0) is 9.59 Å². The van der Waals surface area contributed by atoms with E-state index >= 15 is 0 Å². The molecule has 2 heteroatoms. The molecule has 0 unspecified atom stereocenters. The largest absolute Gasteiger partial charge is 0.300 e. The summed E-state index contributed by atoms with van der Waals surface area (Å²) in [5.41, 5.74) is -0.417. The van der Waals surface area contributed by atoms with E-state index in [9.17, 15) is 9.59 Å². The van der Waals surface area contributed by atoms with Gasteiger partial charge in [0.05, 0.1) is 0 Å². The Labute approximate surface area is 93.4 Å². The number of Topliss-reactive ketones (excluding diaryl/α,β-unsaturated/α-hetero) is 2. The van der Waals surface area contributed by atoms with E-state index in [1.807, 2.05) is 6.92 Å². The molecule has 0 rings (SSSR count). The van der Waals surface area contributed by atoms with Gasteiger partial charge in [0.1, 0.15) is 11.6 Å². The highest BCUT2D eigenvalue weighted by molar-refractivity contribution is 5.88. The lowest BCUT2D eigenvalue weighted by molar-refractivity contribution is -0.131. The molecule has 0 bridgehead atoms. The van der Waals surface area contributed by atoms with Crippen LogP contribution in [0.5, 0.6) is 0 Å². The van der Waals surface area contributed by atoms with Gasteiger partial charge in [-0.2, -0.15) is 0 Å². The Morgan fingerprint density at radius 2 is 1.67 bits per heavy atom. The molecule has 0 radical (unpaired) electrons. The molecule has 0 saturated heterocycles. The molecule has 2 nitrogen and oxygen atoms in total. The molecule has 0 saturated carbocycles. The third-order valence-electron chi connectivity index (χ3n) is 3.07. The number of carbonyl (C=O) groups is 2. The van der Waals surface area contributed by atoms with E-state index in [0.29, 0.717) is 6.42 Å². The zero-order chi connectivity index (χ0) is 11.9. The maximum absolute atomic E-state index is 11.5. The molecule has 0 fully saturated rings. The fraction of sp³-hybridized carbons (Fsp3) is 0.846. The molecular weight excluding hydrogens is 188 g/mol. The Balaban J connectivity index is 4.14. The van der Waals surface area contributed by atoms with Gasteiger partial charge in [-0.1, -0.05) is 39.5 Å². The van der Waals surface area contributed by atoms with Gasteiger partial charge in [-0.15, -0.1) is 0 Å². The highest BCUT2D eigenvalue weighted by Gasteiger charge is 2.30. The average Bonchev–Trinajstić information content (AvgIpc) is 2.11. The fourth-order valence-corrected chi connectivity index (χ4v) is 1.88. The van der Waals surface area contributed by atoms with Gasteiger partial charge in [0.15, 0.2) is 0 Å². The van der Waals surface area contributed by atoms with Crippen molar-refractivity contribution in [2.75, 3.05) is 0 Å². The second-order valence-corrected chi connectivity index (χ2v) is 4.81. The lowest BCUT2D eigenvalue weighted by Gasteiger charge is -2.25. The summed E-state index contributed by atoms with van der Waals surface area (Å²) in [6.07, 6.45) is 5.88. The van der Waals surface area contributed by atoms with Crippen molar-refractivity contribution < 1.29 is 9.59 Å². The predicted molar refractivity (Wildman–Crippen MR) is 62.8 cm³/mol. The monoisotopic (exact) mass is 212 g/mol. The van der Waals surface area contributed by atoms with Crippen molar-refractivity contribution in [3.05, 3.63) is 0 Å². The van der Waals surface area contributed by atoms with Crippen molar-refractivity contribution in [1.82, 2.24) is 0 Å². The van der Waals surface area contributed by atoms with Crippen molar-refractivity contribution in [3.8, 4) is 0 Å². The second kappa shape index (κ2) is 6.76. The molecule has 0 heterocycles. The van der Waals surface area contributed by atoms with Crippen LogP contribution in [0.4, 0.5) is 0 Å². The molecule has 0 aliphatic heterocycles. The maximum Gasteiger partial charge on any atom is 0.136 e. The molecule has 0 aromatic heterocycles. The maximum atomic E-state index is 11.5. The van der Waals surface area contributed by atoms with Crippen LogP contribution in [0.3, 0.4) is 0 Å². The molecule has 0 amide bonds. The molecule has 15 heavy (non-hydrogen) atoms. The highest BCUT2D eigenvalue weighted by Crippen LogP contribution is 2.30. The minimum absolute atomic E-state index is 0.114. The first kappa shape index (κ1) is 14.3. The number of hydrogen-bond acceptors (Lipinski definition) is 2. The van der Waals surface area contributed by atoms with E-state index in [1.165, 1.54) is 12.8 Å². The summed E-state index contributed by atoms with van der Waals surface area (Å²) in [6, 6.07) is 0. The summed E-state index contributed by atoms with van der Waals surface area (Å²) in [7, 11) is 0. The normalized spacial score (nSPS) is 14.7. The Morgan fingerprint density at radius 1 is 1.07 bits per heavy atom. The van der Waals surface area contributed by atoms with Crippen LogP contribution in [-0.4, -0.2) is 11.6 Å². The van der Waals surface area contributed by atoms with Gasteiger partial charge in [0, 0.05) is 11.8 Å². The van der Waals surface area contributed by atoms with Crippen LogP contribution in [0.25, 0.3) is 0 Å². The zero-order valence-electron chi connectivity index (χ0n) is 10.6. The zero-order valence-corrected chi connectivity index (χ0v) is 10.6. The molecule has 0 aromatic rings. The summed E-state index contributed by atoms with van der Waals surface area (Å²) >= 11 is 0. The lowest BCUT2D eigenvalue weighted by Crippen LogP contribution is -2.28. The quantitative estimate of drug-likeness (QED) is 0.577. The van der Waals surface area contributed by atoms with E-state index < -0.39 is 5.41 Å². The molecule has 0 N–H and O–H groups in total. The van der Waals surface area contributed by atoms with Crippen molar-refractivity contribution in [1.29, 1.82) is 0 Å². The van der Waals surface area contributed by atoms with Crippen molar-refractivity contribution in [2.45, 2.75) is 66.2 Å². The van der Waals surface area contributed by atoms with Crippen molar-refractivity contribution in [2.24, 2.45) is 5.41 Å². The fourth-order valence-electron chi connectivity index (χ4n) is 1.88. The topological polar surface area (TPSA) is 34.1 Å².